The Hall–Kier alpha value is -1.62. The van der Waals surface area contributed by atoms with Crippen molar-refractivity contribution in [3.8, 4) is 0 Å². The first-order chi connectivity index (χ1) is 8.95. The van der Waals surface area contributed by atoms with Crippen molar-refractivity contribution in [3.05, 3.63) is 28.5 Å². The van der Waals surface area contributed by atoms with Gasteiger partial charge in [-0.05, 0) is 25.5 Å². The number of amides is 2. The van der Waals surface area contributed by atoms with Crippen LogP contribution in [-0.2, 0) is 4.79 Å². The molecule has 2 rings (SSSR count). The lowest BCUT2D eigenvalue weighted by Crippen LogP contribution is -2.48. The maximum absolute atomic E-state index is 12.1. The molecule has 0 radical (unpaired) electrons. The molecule has 0 saturated carbocycles. The van der Waals surface area contributed by atoms with Crippen LogP contribution in [0.5, 0.6) is 0 Å². The van der Waals surface area contributed by atoms with Crippen molar-refractivity contribution >= 4 is 23.4 Å². The molecule has 1 aromatic heterocycles. The predicted molar refractivity (Wildman–Crippen MR) is 72.1 cm³/mol. The Labute approximate surface area is 117 Å². The lowest BCUT2D eigenvalue weighted by atomic mass is 10.1. The Morgan fingerprint density at radius 3 is 2.89 bits per heavy atom. The first kappa shape index (κ1) is 13.8. The molecule has 19 heavy (non-hydrogen) atoms. The largest absolute Gasteiger partial charge is 0.348 e. The summed E-state index contributed by atoms with van der Waals surface area (Å²) in [5, 5.41) is 3.23. The zero-order chi connectivity index (χ0) is 14.0. The SMILES string of the molecule is Cc1cc(C(=O)NC2CCC(=O)N(C)C2)cc(Cl)n1. The average molecular weight is 282 g/mol. The van der Waals surface area contributed by atoms with Crippen molar-refractivity contribution in [1.29, 1.82) is 0 Å². The second-order valence-corrected chi connectivity index (χ2v) is 5.19. The molecule has 0 aliphatic carbocycles. The van der Waals surface area contributed by atoms with Gasteiger partial charge in [-0.2, -0.15) is 0 Å². The zero-order valence-electron chi connectivity index (χ0n) is 10.9. The number of carbonyl (C=O) groups is 2. The molecule has 0 bridgehead atoms. The Morgan fingerprint density at radius 1 is 1.53 bits per heavy atom. The van der Waals surface area contributed by atoms with Crippen molar-refractivity contribution in [2.45, 2.75) is 25.8 Å². The molecule has 6 heteroatoms. The molecule has 2 amide bonds. The summed E-state index contributed by atoms with van der Waals surface area (Å²) in [4.78, 5) is 29.1. The highest BCUT2D eigenvalue weighted by atomic mass is 35.5. The lowest BCUT2D eigenvalue weighted by molar-refractivity contribution is -0.132. The Morgan fingerprint density at radius 2 is 2.26 bits per heavy atom. The van der Waals surface area contributed by atoms with E-state index in [9.17, 15) is 9.59 Å². The minimum atomic E-state index is -0.180. The van der Waals surface area contributed by atoms with Gasteiger partial charge >= 0.3 is 0 Å². The van der Waals surface area contributed by atoms with Gasteiger partial charge in [-0.3, -0.25) is 9.59 Å². The normalized spacial score (nSPS) is 19.4. The molecule has 1 fully saturated rings. The predicted octanol–water partition coefficient (Wildman–Crippen LogP) is 1.39. The van der Waals surface area contributed by atoms with Crippen molar-refractivity contribution in [2.24, 2.45) is 0 Å². The molecule has 1 unspecified atom stereocenters. The molecular weight excluding hydrogens is 266 g/mol. The lowest BCUT2D eigenvalue weighted by Gasteiger charge is -2.30. The van der Waals surface area contributed by atoms with Crippen LogP contribution < -0.4 is 5.32 Å². The van der Waals surface area contributed by atoms with Crippen LogP contribution in [0.15, 0.2) is 12.1 Å². The molecule has 1 saturated heterocycles. The van der Waals surface area contributed by atoms with E-state index in [1.54, 1.807) is 31.0 Å². The maximum Gasteiger partial charge on any atom is 0.251 e. The van der Waals surface area contributed by atoms with Gasteiger partial charge in [0.25, 0.3) is 5.91 Å². The second kappa shape index (κ2) is 5.57. The van der Waals surface area contributed by atoms with Gasteiger partial charge in [0, 0.05) is 37.3 Å². The molecule has 1 N–H and O–H groups in total. The van der Waals surface area contributed by atoms with Gasteiger partial charge in [-0.25, -0.2) is 4.98 Å². The second-order valence-electron chi connectivity index (χ2n) is 4.80. The number of aromatic nitrogens is 1. The van der Waals surface area contributed by atoms with Crippen LogP contribution in [0.3, 0.4) is 0 Å². The number of piperidine rings is 1. The quantitative estimate of drug-likeness (QED) is 0.834. The van der Waals surface area contributed by atoms with Gasteiger partial charge in [0.2, 0.25) is 5.91 Å². The summed E-state index contributed by atoms with van der Waals surface area (Å²) in [7, 11) is 1.74. The van der Waals surface area contributed by atoms with Crippen LogP contribution in [0, 0.1) is 6.92 Å². The number of pyridine rings is 1. The van der Waals surface area contributed by atoms with E-state index >= 15 is 0 Å². The van der Waals surface area contributed by atoms with Gasteiger partial charge < -0.3 is 10.2 Å². The van der Waals surface area contributed by atoms with E-state index in [1.807, 2.05) is 0 Å². The van der Waals surface area contributed by atoms with E-state index in [1.165, 1.54) is 0 Å². The number of likely N-dealkylation sites (tertiary alicyclic amines) is 1. The minimum Gasteiger partial charge on any atom is -0.348 e. The summed E-state index contributed by atoms with van der Waals surface area (Å²) in [5.41, 5.74) is 1.20. The fourth-order valence-electron chi connectivity index (χ4n) is 2.16. The number of halogens is 1. The summed E-state index contributed by atoms with van der Waals surface area (Å²) in [6, 6.07) is 3.22. The Balaban J connectivity index is 2.03. The van der Waals surface area contributed by atoms with Gasteiger partial charge in [-0.15, -0.1) is 0 Å². The van der Waals surface area contributed by atoms with Gasteiger partial charge in [0.15, 0.2) is 0 Å². The molecule has 0 aromatic carbocycles. The van der Waals surface area contributed by atoms with Gasteiger partial charge in [0.05, 0.1) is 0 Å². The summed E-state index contributed by atoms with van der Waals surface area (Å²) in [6.45, 7) is 2.33. The number of nitrogens with one attached hydrogen (secondary N) is 1. The molecule has 1 aromatic rings. The van der Waals surface area contributed by atoms with Gasteiger partial charge in [-0.1, -0.05) is 11.6 Å². The summed E-state index contributed by atoms with van der Waals surface area (Å²) in [6.07, 6.45) is 1.14. The van der Waals surface area contributed by atoms with Crippen LogP contribution in [0.2, 0.25) is 5.15 Å². The Kier molecular flexibility index (Phi) is 4.04. The first-order valence-electron chi connectivity index (χ1n) is 6.14. The number of hydrogen-bond donors (Lipinski definition) is 1. The molecule has 1 atom stereocenters. The maximum atomic E-state index is 12.1. The van der Waals surface area contributed by atoms with Crippen LogP contribution in [-0.4, -0.2) is 41.3 Å². The topological polar surface area (TPSA) is 62.3 Å². The minimum absolute atomic E-state index is 0.0116. The third-order valence-corrected chi connectivity index (χ3v) is 3.34. The number of carbonyl (C=O) groups excluding carboxylic acids is 2. The summed E-state index contributed by atoms with van der Waals surface area (Å²) >= 11 is 5.84. The van der Waals surface area contributed by atoms with E-state index in [0.717, 1.165) is 0 Å². The third kappa shape index (κ3) is 3.44. The smallest absolute Gasteiger partial charge is 0.251 e. The first-order valence-corrected chi connectivity index (χ1v) is 6.52. The van der Waals surface area contributed by atoms with E-state index in [4.69, 9.17) is 11.6 Å². The molecule has 102 valence electrons. The summed E-state index contributed by atoms with van der Waals surface area (Å²) in [5.74, 6) is -0.0616. The average Bonchev–Trinajstić information content (AvgIpc) is 2.32. The molecule has 1 aliphatic rings. The summed E-state index contributed by atoms with van der Waals surface area (Å²) < 4.78 is 0. The third-order valence-electron chi connectivity index (χ3n) is 3.15. The molecule has 5 nitrogen and oxygen atoms in total. The van der Waals surface area contributed by atoms with E-state index in [0.29, 0.717) is 35.8 Å². The number of nitrogens with zero attached hydrogens (tertiary/aromatic N) is 2. The van der Waals surface area contributed by atoms with Crippen LogP contribution in [0.1, 0.15) is 28.9 Å². The van der Waals surface area contributed by atoms with Gasteiger partial charge in [0.1, 0.15) is 5.15 Å². The van der Waals surface area contributed by atoms with Crippen LogP contribution >= 0.6 is 11.6 Å². The van der Waals surface area contributed by atoms with Crippen molar-refractivity contribution in [2.75, 3.05) is 13.6 Å². The highest BCUT2D eigenvalue weighted by Crippen LogP contribution is 2.13. The van der Waals surface area contributed by atoms with Crippen molar-refractivity contribution in [3.63, 3.8) is 0 Å². The number of likely N-dealkylation sites (N-methyl/N-ethyl adjacent to an activating group) is 1. The molecule has 0 spiro atoms. The fraction of sp³-hybridized carbons (Fsp3) is 0.462. The number of hydrogen-bond acceptors (Lipinski definition) is 3. The fourth-order valence-corrected chi connectivity index (χ4v) is 2.41. The zero-order valence-corrected chi connectivity index (χ0v) is 11.7. The van der Waals surface area contributed by atoms with Crippen LogP contribution in [0.4, 0.5) is 0 Å². The standard InChI is InChI=1S/C13H16ClN3O2/c1-8-5-9(6-11(14)15-8)13(19)16-10-3-4-12(18)17(2)7-10/h5-6,10H,3-4,7H2,1-2H3,(H,16,19). The number of aryl methyl sites for hydroxylation is 1. The monoisotopic (exact) mass is 281 g/mol. The highest BCUT2D eigenvalue weighted by Gasteiger charge is 2.24. The van der Waals surface area contributed by atoms with E-state index in [-0.39, 0.29) is 17.9 Å². The van der Waals surface area contributed by atoms with Crippen molar-refractivity contribution < 1.29 is 9.59 Å². The molecular formula is C13H16ClN3O2. The number of rotatable bonds is 2. The van der Waals surface area contributed by atoms with E-state index < -0.39 is 0 Å². The van der Waals surface area contributed by atoms with E-state index in [2.05, 4.69) is 10.3 Å². The van der Waals surface area contributed by atoms with Crippen molar-refractivity contribution in [1.82, 2.24) is 15.2 Å². The molecule has 2 heterocycles. The molecule has 1 aliphatic heterocycles. The van der Waals surface area contributed by atoms with Crippen LogP contribution in [0.25, 0.3) is 0 Å². The Bertz CT molecular complexity index is 498. The highest BCUT2D eigenvalue weighted by molar-refractivity contribution is 6.29.